The van der Waals surface area contributed by atoms with Gasteiger partial charge >= 0.3 is 0 Å². The number of carbonyl (C=O) groups is 1. The zero-order valence-electron chi connectivity index (χ0n) is 12.4. The van der Waals surface area contributed by atoms with E-state index in [9.17, 15) is 13.6 Å². The Morgan fingerprint density at radius 2 is 2.22 bits per heavy atom. The number of carbonyl (C=O) groups excluding carboxylic acids is 1. The highest BCUT2D eigenvalue weighted by Crippen LogP contribution is 2.29. The standard InChI is InChI=1S/C14H17ClF2N2O3.ClH/c1-21-4-5-22-12-3-2-9(6-10(12)15)19-13(20)11-7-14(16,17)8-18-11;/h2-3,6,11,18H,4-5,7-8H2,1H3,(H,19,20);1H. The van der Waals surface area contributed by atoms with Gasteiger partial charge in [0.05, 0.1) is 24.2 Å². The molecular weight excluding hydrogens is 353 g/mol. The highest BCUT2D eigenvalue weighted by atomic mass is 35.5. The van der Waals surface area contributed by atoms with Gasteiger partial charge in [0.15, 0.2) is 0 Å². The molecule has 0 radical (unpaired) electrons. The van der Waals surface area contributed by atoms with E-state index >= 15 is 0 Å². The van der Waals surface area contributed by atoms with Gasteiger partial charge in [0.2, 0.25) is 5.91 Å². The third kappa shape index (κ3) is 5.76. The molecule has 130 valence electrons. The molecule has 0 bridgehead atoms. The molecule has 2 rings (SSSR count). The van der Waals surface area contributed by atoms with Gasteiger partial charge in [-0.2, -0.15) is 0 Å². The van der Waals surface area contributed by atoms with Crippen molar-refractivity contribution in [3.63, 3.8) is 0 Å². The van der Waals surface area contributed by atoms with Crippen LogP contribution in [-0.2, 0) is 9.53 Å². The van der Waals surface area contributed by atoms with E-state index in [1.165, 1.54) is 6.07 Å². The number of methoxy groups -OCH3 is 1. The molecule has 1 atom stereocenters. The molecule has 0 spiro atoms. The monoisotopic (exact) mass is 370 g/mol. The second-order valence-corrected chi connectivity index (χ2v) is 5.38. The van der Waals surface area contributed by atoms with E-state index in [1.807, 2.05) is 0 Å². The molecule has 5 nitrogen and oxygen atoms in total. The van der Waals surface area contributed by atoms with Crippen molar-refractivity contribution < 1.29 is 23.0 Å². The van der Waals surface area contributed by atoms with E-state index in [4.69, 9.17) is 21.1 Å². The van der Waals surface area contributed by atoms with Crippen LogP contribution < -0.4 is 15.4 Å². The number of halogens is 4. The van der Waals surface area contributed by atoms with Gasteiger partial charge in [-0.15, -0.1) is 12.4 Å². The molecule has 1 unspecified atom stereocenters. The predicted octanol–water partition coefficient (Wildman–Crippen LogP) is 2.72. The van der Waals surface area contributed by atoms with Crippen molar-refractivity contribution in [2.45, 2.75) is 18.4 Å². The van der Waals surface area contributed by atoms with Gasteiger partial charge in [0.25, 0.3) is 5.92 Å². The second-order valence-electron chi connectivity index (χ2n) is 4.97. The van der Waals surface area contributed by atoms with Crippen LogP contribution in [0.3, 0.4) is 0 Å². The number of alkyl halides is 2. The Kier molecular flexibility index (Phi) is 7.47. The lowest BCUT2D eigenvalue weighted by molar-refractivity contribution is -0.118. The lowest BCUT2D eigenvalue weighted by atomic mass is 10.2. The highest BCUT2D eigenvalue weighted by Gasteiger charge is 2.42. The van der Waals surface area contributed by atoms with Crippen LogP contribution in [0.5, 0.6) is 5.75 Å². The molecule has 1 amide bonds. The summed E-state index contributed by atoms with van der Waals surface area (Å²) in [6.07, 6.45) is -0.509. The van der Waals surface area contributed by atoms with Crippen LogP contribution >= 0.6 is 24.0 Å². The largest absolute Gasteiger partial charge is 0.490 e. The van der Waals surface area contributed by atoms with Crippen molar-refractivity contribution in [3.05, 3.63) is 23.2 Å². The van der Waals surface area contributed by atoms with Crippen LogP contribution in [0.4, 0.5) is 14.5 Å². The van der Waals surface area contributed by atoms with E-state index < -0.39 is 30.8 Å². The number of benzene rings is 1. The van der Waals surface area contributed by atoms with Gasteiger partial charge in [0.1, 0.15) is 12.4 Å². The summed E-state index contributed by atoms with van der Waals surface area (Å²) in [4.78, 5) is 11.9. The zero-order chi connectivity index (χ0) is 16.2. The number of ether oxygens (including phenoxy) is 2. The Bertz CT molecular complexity index is 547. The zero-order valence-corrected chi connectivity index (χ0v) is 14.0. The Balaban J connectivity index is 0.00000264. The summed E-state index contributed by atoms with van der Waals surface area (Å²) in [6, 6.07) is 3.80. The maximum absolute atomic E-state index is 13.1. The smallest absolute Gasteiger partial charge is 0.262 e. The summed E-state index contributed by atoms with van der Waals surface area (Å²) in [5.74, 6) is -2.90. The Hall–Kier alpha value is -1.15. The Morgan fingerprint density at radius 1 is 1.48 bits per heavy atom. The first-order valence-electron chi connectivity index (χ1n) is 6.75. The fourth-order valence-electron chi connectivity index (χ4n) is 2.06. The van der Waals surface area contributed by atoms with Crippen LogP contribution in [0.15, 0.2) is 18.2 Å². The topological polar surface area (TPSA) is 59.6 Å². The summed E-state index contributed by atoms with van der Waals surface area (Å²) < 4.78 is 36.4. The molecule has 2 N–H and O–H groups in total. The van der Waals surface area contributed by atoms with Crippen LogP contribution in [-0.4, -0.2) is 44.7 Å². The molecule has 1 fully saturated rings. The van der Waals surface area contributed by atoms with Crippen molar-refractivity contribution in [3.8, 4) is 5.75 Å². The number of rotatable bonds is 6. The lowest BCUT2D eigenvalue weighted by Gasteiger charge is -2.13. The first kappa shape index (κ1) is 19.9. The van der Waals surface area contributed by atoms with Gasteiger partial charge in [-0.25, -0.2) is 8.78 Å². The first-order chi connectivity index (χ1) is 10.4. The molecule has 23 heavy (non-hydrogen) atoms. The number of amides is 1. The minimum absolute atomic E-state index is 0. The number of nitrogens with one attached hydrogen (secondary N) is 2. The third-order valence-corrected chi connectivity index (χ3v) is 3.47. The number of hydrogen-bond acceptors (Lipinski definition) is 4. The third-order valence-electron chi connectivity index (χ3n) is 3.17. The van der Waals surface area contributed by atoms with Crippen molar-refractivity contribution in [1.82, 2.24) is 5.32 Å². The predicted molar refractivity (Wildman–Crippen MR) is 86.1 cm³/mol. The van der Waals surface area contributed by atoms with Crippen molar-refractivity contribution in [2.24, 2.45) is 0 Å². The fraction of sp³-hybridized carbons (Fsp3) is 0.500. The molecule has 1 heterocycles. The molecule has 1 aliphatic heterocycles. The Labute approximate surface area is 144 Å². The summed E-state index contributed by atoms with van der Waals surface area (Å²) in [6.45, 7) is 0.289. The molecule has 0 aliphatic carbocycles. The maximum Gasteiger partial charge on any atom is 0.262 e. The van der Waals surface area contributed by atoms with Gasteiger partial charge in [0, 0.05) is 19.2 Å². The van der Waals surface area contributed by atoms with Crippen LogP contribution in [0.25, 0.3) is 0 Å². The van der Waals surface area contributed by atoms with Crippen molar-refractivity contribution in [2.75, 3.05) is 32.2 Å². The SMILES string of the molecule is COCCOc1ccc(NC(=O)C2CC(F)(F)CN2)cc1Cl.Cl. The number of hydrogen-bond donors (Lipinski definition) is 2. The minimum atomic E-state index is -2.85. The normalized spacial score (nSPS) is 19.0. The molecule has 1 aromatic rings. The van der Waals surface area contributed by atoms with Crippen molar-refractivity contribution >= 4 is 35.6 Å². The highest BCUT2D eigenvalue weighted by molar-refractivity contribution is 6.32. The molecule has 0 aromatic heterocycles. The summed E-state index contributed by atoms with van der Waals surface area (Å²) >= 11 is 6.04. The maximum atomic E-state index is 13.1. The van der Waals surface area contributed by atoms with E-state index in [0.29, 0.717) is 29.7 Å². The fourth-order valence-corrected chi connectivity index (χ4v) is 2.30. The van der Waals surface area contributed by atoms with E-state index in [2.05, 4.69) is 10.6 Å². The Morgan fingerprint density at radius 3 is 2.78 bits per heavy atom. The quantitative estimate of drug-likeness (QED) is 0.755. The molecule has 9 heteroatoms. The summed E-state index contributed by atoms with van der Waals surface area (Å²) in [7, 11) is 1.56. The molecule has 1 saturated heterocycles. The summed E-state index contributed by atoms with van der Waals surface area (Å²) in [5, 5.41) is 5.37. The van der Waals surface area contributed by atoms with Gasteiger partial charge in [-0.3, -0.25) is 10.1 Å². The first-order valence-corrected chi connectivity index (χ1v) is 7.12. The molecule has 1 aliphatic rings. The van der Waals surface area contributed by atoms with E-state index in [1.54, 1.807) is 19.2 Å². The average molecular weight is 371 g/mol. The van der Waals surface area contributed by atoms with Crippen molar-refractivity contribution in [1.29, 1.82) is 0 Å². The van der Waals surface area contributed by atoms with Gasteiger partial charge in [-0.1, -0.05) is 11.6 Å². The molecule has 1 aromatic carbocycles. The van der Waals surface area contributed by atoms with Crippen LogP contribution in [0, 0.1) is 0 Å². The second kappa shape index (κ2) is 8.63. The lowest BCUT2D eigenvalue weighted by Crippen LogP contribution is -2.35. The van der Waals surface area contributed by atoms with Gasteiger partial charge in [-0.05, 0) is 18.2 Å². The van der Waals surface area contributed by atoms with Gasteiger partial charge < -0.3 is 14.8 Å². The average Bonchev–Trinajstić information content (AvgIpc) is 2.82. The van der Waals surface area contributed by atoms with E-state index in [0.717, 1.165) is 0 Å². The number of anilines is 1. The van der Waals surface area contributed by atoms with E-state index in [-0.39, 0.29) is 12.4 Å². The minimum Gasteiger partial charge on any atom is -0.490 e. The molecular formula is C14H18Cl2F2N2O3. The van der Waals surface area contributed by atoms with Crippen LogP contribution in [0.2, 0.25) is 5.02 Å². The summed E-state index contributed by atoms with van der Waals surface area (Å²) in [5.41, 5.74) is 0.422. The molecule has 0 saturated carbocycles. The van der Waals surface area contributed by atoms with Crippen LogP contribution in [0.1, 0.15) is 6.42 Å².